The molecule has 2 unspecified atom stereocenters. The SMILES string of the molecule is CCC(C)N(CC)[SiH]1C[SiH](N(CC)C(C)CC)C1. The van der Waals surface area contributed by atoms with Gasteiger partial charge in [0.05, 0.1) is 0 Å². The van der Waals surface area contributed by atoms with E-state index >= 15 is 0 Å². The number of hydrogen-bond donors (Lipinski definition) is 0. The third-order valence-corrected chi connectivity index (χ3v) is 17.4. The van der Waals surface area contributed by atoms with Gasteiger partial charge in [-0.2, -0.15) is 0 Å². The van der Waals surface area contributed by atoms with E-state index in [1.54, 1.807) is 11.3 Å². The molecule has 0 amide bonds. The Morgan fingerprint density at radius 2 is 1.11 bits per heavy atom. The van der Waals surface area contributed by atoms with E-state index in [1.165, 1.54) is 25.9 Å². The summed E-state index contributed by atoms with van der Waals surface area (Å²) in [6.07, 6.45) is 2.65. The molecule has 0 spiro atoms. The molecule has 108 valence electrons. The van der Waals surface area contributed by atoms with Gasteiger partial charge in [0.1, 0.15) is 17.9 Å². The summed E-state index contributed by atoms with van der Waals surface area (Å²) in [6.45, 7) is 16.8. The van der Waals surface area contributed by atoms with Crippen molar-refractivity contribution in [2.45, 2.75) is 77.8 Å². The third-order valence-electron chi connectivity index (χ3n) is 5.07. The standard InChI is InChI=1S/C14H34N2Si2/c1-7-13(5)15(9-3)17-11-18(12-17)16(10-4)14(6)8-2/h13-14,17-18H,7-12H2,1-6H3. The van der Waals surface area contributed by atoms with Crippen LogP contribution in [0.1, 0.15) is 54.4 Å². The van der Waals surface area contributed by atoms with Gasteiger partial charge in [-0.3, -0.25) is 0 Å². The quantitative estimate of drug-likeness (QED) is 0.633. The fourth-order valence-corrected chi connectivity index (χ4v) is 15.1. The van der Waals surface area contributed by atoms with Crippen molar-refractivity contribution in [2.75, 3.05) is 13.1 Å². The van der Waals surface area contributed by atoms with E-state index in [2.05, 4.69) is 50.7 Å². The molecule has 1 saturated heterocycles. The Bertz CT molecular complexity index is 210. The van der Waals surface area contributed by atoms with Crippen molar-refractivity contribution in [3.63, 3.8) is 0 Å². The number of rotatable bonds is 8. The minimum atomic E-state index is -0.518. The highest BCUT2D eigenvalue weighted by Crippen LogP contribution is 2.29. The van der Waals surface area contributed by atoms with Crippen molar-refractivity contribution in [3.8, 4) is 0 Å². The fourth-order valence-electron chi connectivity index (χ4n) is 3.43. The summed E-state index contributed by atoms with van der Waals surface area (Å²) in [6, 6.07) is 1.67. The molecular formula is C14H34N2Si2. The minimum Gasteiger partial charge on any atom is -0.324 e. The summed E-state index contributed by atoms with van der Waals surface area (Å²) >= 11 is 0. The first-order valence-electron chi connectivity index (χ1n) is 8.10. The van der Waals surface area contributed by atoms with E-state index in [4.69, 9.17) is 0 Å². The molecule has 2 atom stereocenters. The van der Waals surface area contributed by atoms with Gasteiger partial charge in [-0.15, -0.1) is 0 Å². The van der Waals surface area contributed by atoms with Crippen molar-refractivity contribution >= 4 is 17.9 Å². The van der Waals surface area contributed by atoms with Gasteiger partial charge in [0.2, 0.25) is 0 Å². The highest BCUT2D eigenvalue weighted by molar-refractivity contribution is 6.92. The lowest BCUT2D eigenvalue weighted by molar-refractivity contribution is 0.329. The van der Waals surface area contributed by atoms with E-state index in [0.717, 1.165) is 12.1 Å². The molecule has 18 heavy (non-hydrogen) atoms. The van der Waals surface area contributed by atoms with Gasteiger partial charge < -0.3 is 9.13 Å². The number of nitrogens with zero attached hydrogens (tertiary/aromatic N) is 2. The lowest BCUT2D eigenvalue weighted by atomic mass is 10.3. The molecule has 1 aliphatic rings. The molecule has 1 fully saturated rings. The van der Waals surface area contributed by atoms with Crippen molar-refractivity contribution < 1.29 is 0 Å². The molecule has 1 rings (SSSR count). The smallest absolute Gasteiger partial charge is 0.109 e. The van der Waals surface area contributed by atoms with Gasteiger partial charge in [0, 0.05) is 0 Å². The molecule has 0 radical (unpaired) electrons. The molecule has 0 saturated carbocycles. The van der Waals surface area contributed by atoms with E-state index < -0.39 is 17.9 Å². The Morgan fingerprint density at radius 3 is 1.33 bits per heavy atom. The largest absolute Gasteiger partial charge is 0.324 e. The van der Waals surface area contributed by atoms with Crippen LogP contribution in [-0.4, -0.2) is 52.2 Å². The van der Waals surface area contributed by atoms with Gasteiger partial charge in [-0.05, 0) is 49.3 Å². The molecule has 0 aromatic heterocycles. The molecule has 2 nitrogen and oxygen atoms in total. The second-order valence-corrected chi connectivity index (χ2v) is 13.7. The zero-order chi connectivity index (χ0) is 13.7. The first-order chi connectivity index (χ1) is 8.58. The minimum absolute atomic E-state index is 0.518. The second kappa shape index (κ2) is 7.83. The van der Waals surface area contributed by atoms with E-state index in [-0.39, 0.29) is 0 Å². The summed E-state index contributed by atoms with van der Waals surface area (Å²) in [5, 5.41) is 0. The first-order valence-corrected chi connectivity index (χ1v) is 12.4. The zero-order valence-corrected chi connectivity index (χ0v) is 15.8. The first kappa shape index (κ1) is 16.4. The van der Waals surface area contributed by atoms with Crippen LogP contribution in [0.4, 0.5) is 0 Å². The molecule has 0 aromatic carbocycles. The average molecular weight is 287 g/mol. The Balaban J connectivity index is 2.46. The summed E-state index contributed by atoms with van der Waals surface area (Å²) in [7, 11) is -1.04. The highest BCUT2D eigenvalue weighted by atomic mass is 28.4. The molecule has 0 aromatic rings. The molecule has 1 aliphatic heterocycles. The Labute approximate surface area is 118 Å². The van der Waals surface area contributed by atoms with Gasteiger partial charge >= 0.3 is 0 Å². The second-order valence-electron chi connectivity index (χ2n) is 5.95. The third kappa shape index (κ3) is 3.68. The van der Waals surface area contributed by atoms with Crippen LogP contribution in [0.2, 0.25) is 11.3 Å². The van der Waals surface area contributed by atoms with Crippen LogP contribution in [-0.2, 0) is 0 Å². The summed E-state index contributed by atoms with van der Waals surface area (Å²) in [4.78, 5) is 0. The summed E-state index contributed by atoms with van der Waals surface area (Å²) in [5.41, 5.74) is 3.33. The summed E-state index contributed by atoms with van der Waals surface area (Å²) in [5.74, 6) is 0. The van der Waals surface area contributed by atoms with Gasteiger partial charge in [0.15, 0.2) is 0 Å². The predicted molar refractivity (Wildman–Crippen MR) is 88.2 cm³/mol. The molecular weight excluding hydrogens is 252 g/mol. The van der Waals surface area contributed by atoms with Crippen LogP contribution in [0.15, 0.2) is 0 Å². The molecule has 1 heterocycles. The van der Waals surface area contributed by atoms with Gasteiger partial charge in [0.25, 0.3) is 0 Å². The Hall–Kier alpha value is 0.354. The highest BCUT2D eigenvalue weighted by Gasteiger charge is 2.40. The van der Waals surface area contributed by atoms with E-state index in [9.17, 15) is 0 Å². The summed E-state index contributed by atoms with van der Waals surface area (Å²) < 4.78 is 5.77. The van der Waals surface area contributed by atoms with Crippen LogP contribution in [0.3, 0.4) is 0 Å². The lowest BCUT2D eigenvalue weighted by Crippen LogP contribution is -2.62. The van der Waals surface area contributed by atoms with Crippen LogP contribution in [0.5, 0.6) is 0 Å². The Morgan fingerprint density at radius 1 is 0.778 bits per heavy atom. The van der Waals surface area contributed by atoms with Crippen molar-refractivity contribution in [3.05, 3.63) is 0 Å². The van der Waals surface area contributed by atoms with E-state index in [1.807, 2.05) is 0 Å². The molecule has 4 heteroatoms. The maximum absolute atomic E-state index is 2.88. The van der Waals surface area contributed by atoms with Crippen LogP contribution in [0.25, 0.3) is 0 Å². The molecule has 0 bridgehead atoms. The maximum Gasteiger partial charge on any atom is 0.109 e. The lowest BCUT2D eigenvalue weighted by Gasteiger charge is -2.48. The Kier molecular flexibility index (Phi) is 7.13. The topological polar surface area (TPSA) is 6.48 Å². The van der Waals surface area contributed by atoms with Crippen LogP contribution < -0.4 is 0 Å². The average Bonchev–Trinajstić information content (AvgIpc) is 2.35. The fraction of sp³-hybridized carbons (Fsp3) is 1.00. The van der Waals surface area contributed by atoms with Gasteiger partial charge in [-0.25, -0.2) is 0 Å². The van der Waals surface area contributed by atoms with Crippen LogP contribution in [0, 0.1) is 0 Å². The monoisotopic (exact) mass is 286 g/mol. The molecule has 0 aliphatic carbocycles. The van der Waals surface area contributed by atoms with E-state index in [0.29, 0.717) is 0 Å². The maximum atomic E-state index is 2.88. The predicted octanol–water partition coefficient (Wildman–Crippen LogP) is 2.77. The van der Waals surface area contributed by atoms with Crippen molar-refractivity contribution in [1.29, 1.82) is 0 Å². The van der Waals surface area contributed by atoms with Gasteiger partial charge in [-0.1, -0.05) is 41.5 Å². The number of hydrogen-bond acceptors (Lipinski definition) is 2. The van der Waals surface area contributed by atoms with Crippen molar-refractivity contribution in [1.82, 2.24) is 9.13 Å². The van der Waals surface area contributed by atoms with Crippen molar-refractivity contribution in [2.24, 2.45) is 0 Å². The zero-order valence-electron chi connectivity index (χ0n) is 13.4. The molecule has 0 N–H and O–H groups in total. The van der Waals surface area contributed by atoms with Crippen LogP contribution >= 0.6 is 0 Å². The normalized spacial score (nSPS) is 27.3.